The normalized spacial score (nSPS) is 12.4. The molecule has 0 saturated carbocycles. The average Bonchev–Trinajstić information content (AvgIpc) is 3.11. The highest BCUT2D eigenvalue weighted by Gasteiger charge is 2.14. The molecule has 0 saturated heterocycles. The predicted molar refractivity (Wildman–Crippen MR) is 87.3 cm³/mol. The first-order valence-electron chi connectivity index (χ1n) is 7.06. The van der Waals surface area contributed by atoms with Crippen molar-refractivity contribution in [1.82, 2.24) is 19.7 Å². The van der Waals surface area contributed by atoms with E-state index >= 15 is 0 Å². The van der Waals surface area contributed by atoms with Crippen LogP contribution in [0.4, 0.5) is 0 Å². The van der Waals surface area contributed by atoms with E-state index in [1.165, 1.54) is 22.2 Å². The number of amides is 1. The number of benzene rings is 1. The molecular weight excluding hydrogens is 316 g/mol. The fraction of sp³-hybridized carbons (Fsp3) is 0.267. The van der Waals surface area contributed by atoms with Crippen molar-refractivity contribution in [2.45, 2.75) is 12.6 Å². The number of thiophene rings is 1. The fourth-order valence-electron chi connectivity index (χ4n) is 2.20. The molecule has 0 aliphatic carbocycles. The zero-order valence-electron chi connectivity index (χ0n) is 12.5. The lowest BCUT2D eigenvalue weighted by Crippen LogP contribution is -2.35. The second kappa shape index (κ2) is 6.35. The highest BCUT2D eigenvalue weighted by molar-refractivity contribution is 7.19. The number of hydrogen-bond donors (Lipinski definition) is 2. The Balaban J connectivity index is 1.60. The van der Waals surface area contributed by atoms with E-state index in [0.29, 0.717) is 0 Å². The summed E-state index contributed by atoms with van der Waals surface area (Å²) in [6, 6.07) is 9.77. The minimum atomic E-state index is -0.781. The van der Waals surface area contributed by atoms with Gasteiger partial charge in [0.2, 0.25) is 5.91 Å². The SMILES string of the molecule is Cn1cnn(CC(=O)NCC(O)c2cc3ccccc3s2)c1=O. The van der Waals surface area contributed by atoms with Gasteiger partial charge in [-0.2, -0.15) is 5.10 Å². The van der Waals surface area contributed by atoms with Gasteiger partial charge in [0, 0.05) is 23.2 Å². The maximum Gasteiger partial charge on any atom is 0.345 e. The minimum absolute atomic E-state index is 0.0905. The Morgan fingerprint density at radius 1 is 1.43 bits per heavy atom. The van der Waals surface area contributed by atoms with Crippen LogP contribution in [-0.2, 0) is 18.4 Å². The van der Waals surface area contributed by atoms with Gasteiger partial charge in [-0.1, -0.05) is 18.2 Å². The van der Waals surface area contributed by atoms with Gasteiger partial charge in [0.1, 0.15) is 19.0 Å². The molecule has 120 valence electrons. The van der Waals surface area contributed by atoms with Crippen LogP contribution in [0.5, 0.6) is 0 Å². The predicted octanol–water partition coefficient (Wildman–Crippen LogP) is 0.646. The van der Waals surface area contributed by atoms with Gasteiger partial charge in [-0.3, -0.25) is 9.36 Å². The maximum atomic E-state index is 11.9. The van der Waals surface area contributed by atoms with Crippen LogP contribution in [-0.4, -0.2) is 31.9 Å². The summed E-state index contributed by atoms with van der Waals surface area (Å²) in [6.07, 6.45) is 0.568. The standard InChI is InChI=1S/C15H16N4O3S/c1-18-9-17-19(15(18)22)8-14(21)16-7-11(20)13-6-10-4-2-3-5-12(10)23-13/h2-6,9,11,20H,7-8H2,1H3,(H,16,21). The van der Waals surface area contributed by atoms with E-state index in [-0.39, 0.29) is 24.7 Å². The van der Waals surface area contributed by atoms with Crippen molar-refractivity contribution >= 4 is 27.3 Å². The van der Waals surface area contributed by atoms with E-state index in [0.717, 1.165) is 19.6 Å². The van der Waals surface area contributed by atoms with Gasteiger partial charge < -0.3 is 10.4 Å². The van der Waals surface area contributed by atoms with Crippen molar-refractivity contribution in [2.75, 3.05) is 6.54 Å². The van der Waals surface area contributed by atoms with Crippen molar-refractivity contribution in [2.24, 2.45) is 7.05 Å². The summed E-state index contributed by atoms with van der Waals surface area (Å²) in [5, 5.41) is 17.7. The molecule has 7 nitrogen and oxygen atoms in total. The Hall–Kier alpha value is -2.45. The van der Waals surface area contributed by atoms with E-state index < -0.39 is 6.10 Å². The smallest absolute Gasteiger partial charge is 0.345 e. The molecular formula is C15H16N4O3S. The third kappa shape index (κ3) is 3.33. The Bertz CT molecular complexity index is 862. The summed E-state index contributed by atoms with van der Waals surface area (Å²) in [7, 11) is 1.56. The van der Waals surface area contributed by atoms with E-state index in [1.54, 1.807) is 7.05 Å². The first-order chi connectivity index (χ1) is 11.0. The molecule has 23 heavy (non-hydrogen) atoms. The fourth-order valence-corrected chi connectivity index (χ4v) is 3.25. The number of nitrogens with one attached hydrogen (secondary N) is 1. The molecule has 3 aromatic rings. The molecule has 0 aliphatic rings. The molecule has 0 bridgehead atoms. The van der Waals surface area contributed by atoms with Crippen LogP contribution in [0.25, 0.3) is 10.1 Å². The van der Waals surface area contributed by atoms with E-state index in [1.807, 2.05) is 30.3 Å². The second-order valence-electron chi connectivity index (χ2n) is 5.19. The summed E-state index contributed by atoms with van der Waals surface area (Å²) in [4.78, 5) is 24.2. The second-order valence-corrected chi connectivity index (χ2v) is 6.30. The maximum absolute atomic E-state index is 11.9. The number of aromatic nitrogens is 3. The van der Waals surface area contributed by atoms with Crippen molar-refractivity contribution in [3.63, 3.8) is 0 Å². The van der Waals surface area contributed by atoms with E-state index in [9.17, 15) is 14.7 Å². The van der Waals surface area contributed by atoms with Crippen LogP contribution in [0.2, 0.25) is 0 Å². The van der Waals surface area contributed by atoms with Gasteiger partial charge in [-0.05, 0) is 17.5 Å². The third-order valence-electron chi connectivity index (χ3n) is 3.45. The Morgan fingerprint density at radius 3 is 2.91 bits per heavy atom. The topological polar surface area (TPSA) is 89.2 Å². The van der Waals surface area contributed by atoms with Crippen LogP contribution in [0.1, 0.15) is 11.0 Å². The van der Waals surface area contributed by atoms with Crippen LogP contribution >= 0.6 is 11.3 Å². The summed E-state index contributed by atoms with van der Waals surface area (Å²) < 4.78 is 3.45. The largest absolute Gasteiger partial charge is 0.386 e. The number of fused-ring (bicyclic) bond motifs is 1. The monoisotopic (exact) mass is 332 g/mol. The molecule has 2 heterocycles. The Labute approximate surface area is 135 Å². The van der Waals surface area contributed by atoms with Crippen molar-refractivity contribution in [1.29, 1.82) is 0 Å². The number of nitrogens with zero attached hydrogens (tertiary/aromatic N) is 3. The van der Waals surface area contributed by atoms with Gasteiger partial charge in [-0.25, -0.2) is 9.48 Å². The van der Waals surface area contributed by atoms with Crippen molar-refractivity contribution in [3.8, 4) is 0 Å². The van der Waals surface area contributed by atoms with E-state index in [2.05, 4.69) is 10.4 Å². The molecule has 1 unspecified atom stereocenters. The lowest BCUT2D eigenvalue weighted by atomic mass is 10.2. The molecule has 1 amide bonds. The third-order valence-corrected chi connectivity index (χ3v) is 4.66. The zero-order valence-corrected chi connectivity index (χ0v) is 13.3. The van der Waals surface area contributed by atoms with Gasteiger partial charge >= 0.3 is 5.69 Å². The van der Waals surface area contributed by atoms with Crippen molar-refractivity contribution in [3.05, 3.63) is 52.0 Å². The molecule has 1 atom stereocenters. The van der Waals surface area contributed by atoms with Gasteiger partial charge in [0.25, 0.3) is 0 Å². The molecule has 8 heteroatoms. The quantitative estimate of drug-likeness (QED) is 0.718. The van der Waals surface area contributed by atoms with Crippen LogP contribution in [0, 0.1) is 0 Å². The van der Waals surface area contributed by atoms with E-state index in [4.69, 9.17) is 0 Å². The highest BCUT2D eigenvalue weighted by atomic mass is 32.1. The molecule has 2 N–H and O–H groups in total. The molecule has 0 fully saturated rings. The number of aryl methyl sites for hydroxylation is 1. The molecule has 3 rings (SSSR count). The van der Waals surface area contributed by atoms with Crippen LogP contribution in [0.3, 0.4) is 0 Å². The number of rotatable bonds is 5. The first-order valence-corrected chi connectivity index (χ1v) is 7.88. The molecule has 0 spiro atoms. The Kier molecular flexibility index (Phi) is 4.26. The molecule has 2 aromatic heterocycles. The van der Waals surface area contributed by atoms with Gasteiger partial charge in [-0.15, -0.1) is 11.3 Å². The first kappa shape index (κ1) is 15.4. The summed E-state index contributed by atoms with van der Waals surface area (Å²) in [6.45, 7) is -0.0773. The average molecular weight is 332 g/mol. The summed E-state index contributed by atoms with van der Waals surface area (Å²) in [5.74, 6) is -0.369. The number of aliphatic hydroxyl groups is 1. The van der Waals surface area contributed by atoms with Gasteiger partial charge in [0.15, 0.2) is 0 Å². The van der Waals surface area contributed by atoms with Crippen LogP contribution in [0.15, 0.2) is 41.5 Å². The van der Waals surface area contributed by atoms with Gasteiger partial charge in [0.05, 0.1) is 0 Å². The summed E-state index contributed by atoms with van der Waals surface area (Å²) >= 11 is 1.49. The molecule has 0 radical (unpaired) electrons. The minimum Gasteiger partial charge on any atom is -0.386 e. The lowest BCUT2D eigenvalue weighted by Gasteiger charge is -2.09. The summed E-state index contributed by atoms with van der Waals surface area (Å²) in [5.41, 5.74) is -0.356. The van der Waals surface area contributed by atoms with Crippen molar-refractivity contribution < 1.29 is 9.90 Å². The molecule has 0 aliphatic heterocycles. The highest BCUT2D eigenvalue weighted by Crippen LogP contribution is 2.29. The molecule has 1 aromatic carbocycles. The number of hydrogen-bond acceptors (Lipinski definition) is 5. The van der Waals surface area contributed by atoms with Crippen LogP contribution < -0.4 is 11.0 Å². The zero-order chi connectivity index (χ0) is 16.4. The number of carbonyl (C=O) groups excluding carboxylic acids is 1. The lowest BCUT2D eigenvalue weighted by molar-refractivity contribution is -0.122. The Morgan fingerprint density at radius 2 is 2.22 bits per heavy atom. The number of aliphatic hydroxyl groups excluding tert-OH is 1. The number of carbonyl (C=O) groups is 1.